The van der Waals surface area contributed by atoms with Gasteiger partial charge >= 0.3 is 0 Å². The second kappa shape index (κ2) is 11.6. The summed E-state index contributed by atoms with van der Waals surface area (Å²) in [7, 11) is 0. The number of aliphatic hydroxyl groups is 1. The van der Waals surface area contributed by atoms with Gasteiger partial charge in [0.05, 0.1) is 11.9 Å². The fraction of sp³-hybridized carbons (Fsp3) is 0.607. The lowest BCUT2D eigenvalue weighted by Crippen LogP contribution is -2.36. The van der Waals surface area contributed by atoms with E-state index in [1.807, 2.05) is 4.90 Å². The van der Waals surface area contributed by atoms with Crippen molar-refractivity contribution in [2.75, 3.05) is 24.6 Å². The predicted octanol–water partition coefficient (Wildman–Crippen LogP) is 5.56. The first-order valence-corrected chi connectivity index (χ1v) is 13.7. The van der Waals surface area contributed by atoms with Crippen molar-refractivity contribution in [3.63, 3.8) is 0 Å². The van der Waals surface area contributed by atoms with Crippen LogP contribution in [0.2, 0.25) is 0 Å². The molecule has 1 amide bonds. The third kappa shape index (κ3) is 6.29. The number of benzene rings is 1. The van der Waals surface area contributed by atoms with Gasteiger partial charge in [-0.3, -0.25) is 4.79 Å². The van der Waals surface area contributed by atoms with E-state index >= 15 is 0 Å². The van der Waals surface area contributed by atoms with Gasteiger partial charge in [-0.1, -0.05) is 53.6 Å². The zero-order valence-electron chi connectivity index (χ0n) is 19.5. The number of piperidine rings is 1. The highest BCUT2D eigenvalue weighted by Crippen LogP contribution is 2.48. The first-order valence-electron chi connectivity index (χ1n) is 12.6. The molecule has 1 heterocycles. The Hall–Kier alpha value is -1.52. The van der Waals surface area contributed by atoms with Crippen LogP contribution in [0.5, 0.6) is 0 Å². The molecule has 0 bridgehead atoms. The van der Waals surface area contributed by atoms with Crippen LogP contribution in [0.4, 0.5) is 0 Å². The number of nitrogens with zero attached hydrogens (tertiary/aromatic N) is 1. The monoisotopic (exact) mass is 453 g/mol. The van der Waals surface area contributed by atoms with E-state index in [0.717, 1.165) is 50.9 Å². The number of hydrogen-bond acceptors (Lipinski definition) is 3. The molecule has 0 radical (unpaired) electrons. The van der Waals surface area contributed by atoms with E-state index in [2.05, 4.69) is 49.4 Å². The van der Waals surface area contributed by atoms with Gasteiger partial charge in [0.2, 0.25) is 5.91 Å². The van der Waals surface area contributed by atoms with Crippen molar-refractivity contribution < 1.29 is 9.90 Å². The van der Waals surface area contributed by atoms with Crippen LogP contribution < -0.4 is 0 Å². The highest BCUT2D eigenvalue weighted by molar-refractivity contribution is 7.99. The van der Waals surface area contributed by atoms with Gasteiger partial charge in [-0.25, -0.2) is 0 Å². The van der Waals surface area contributed by atoms with E-state index in [-0.39, 0.29) is 6.10 Å². The fourth-order valence-corrected chi connectivity index (χ4v) is 6.67. The van der Waals surface area contributed by atoms with E-state index in [1.165, 1.54) is 30.4 Å². The molecule has 0 aromatic heterocycles. The van der Waals surface area contributed by atoms with E-state index in [1.54, 1.807) is 17.3 Å². The van der Waals surface area contributed by atoms with Crippen LogP contribution in [-0.4, -0.2) is 46.6 Å². The van der Waals surface area contributed by atoms with E-state index < -0.39 is 0 Å². The van der Waals surface area contributed by atoms with Crippen LogP contribution in [0.15, 0.2) is 48.1 Å². The van der Waals surface area contributed by atoms with Crippen LogP contribution >= 0.6 is 11.8 Å². The van der Waals surface area contributed by atoms with Crippen molar-refractivity contribution in [3.05, 3.63) is 59.2 Å². The highest BCUT2D eigenvalue weighted by Gasteiger charge is 2.43. The summed E-state index contributed by atoms with van der Waals surface area (Å²) in [5.74, 6) is 3.38. The first-order chi connectivity index (χ1) is 15.6. The zero-order chi connectivity index (χ0) is 22.3. The van der Waals surface area contributed by atoms with Crippen molar-refractivity contribution >= 4 is 17.7 Å². The van der Waals surface area contributed by atoms with Crippen LogP contribution in [0, 0.1) is 24.7 Å². The van der Waals surface area contributed by atoms with E-state index in [9.17, 15) is 9.90 Å². The molecular formula is C28H39NO2S. The van der Waals surface area contributed by atoms with Crippen molar-refractivity contribution in [2.45, 2.75) is 64.4 Å². The van der Waals surface area contributed by atoms with Crippen molar-refractivity contribution in [3.8, 4) is 0 Å². The van der Waals surface area contributed by atoms with Crippen LogP contribution in [0.25, 0.3) is 0 Å². The summed E-state index contributed by atoms with van der Waals surface area (Å²) < 4.78 is 0. The lowest BCUT2D eigenvalue weighted by atomic mass is 9.89. The lowest BCUT2D eigenvalue weighted by Gasteiger charge is -2.26. The van der Waals surface area contributed by atoms with Crippen molar-refractivity contribution in [2.24, 2.45) is 17.8 Å². The molecule has 3 aliphatic rings. The standard InChI is InChI=1S/C28H39NO2S/c1-21-8-7-10-22(16-21)9-3-4-11-25-26-18-23(17-24(26)19-27(25)30)12-15-32-20-28(31)29-13-5-2-6-14-29/h4,7-8,10-11,16-17,24-27,30H,2-3,5-6,9,12-15,18-20H2,1H3/b11-4+/t24-,25+,26-,27+/m0/s1. The number of likely N-dealkylation sites (tertiary alicyclic amines) is 1. The van der Waals surface area contributed by atoms with Gasteiger partial charge in [-0.05, 0) is 81.4 Å². The number of amides is 1. The Morgan fingerprint density at radius 1 is 1.22 bits per heavy atom. The number of aliphatic hydroxyl groups excluding tert-OH is 1. The molecule has 1 saturated carbocycles. The molecule has 0 unspecified atom stereocenters. The van der Waals surface area contributed by atoms with Gasteiger partial charge < -0.3 is 10.0 Å². The van der Waals surface area contributed by atoms with Gasteiger partial charge in [-0.15, -0.1) is 0 Å². The number of hydrogen-bond donors (Lipinski definition) is 1. The molecule has 1 aliphatic heterocycles. The third-order valence-corrected chi connectivity index (χ3v) is 8.44. The molecule has 2 aliphatic carbocycles. The minimum absolute atomic E-state index is 0.199. The Morgan fingerprint density at radius 3 is 2.88 bits per heavy atom. The van der Waals surface area contributed by atoms with E-state index in [0.29, 0.717) is 29.4 Å². The van der Waals surface area contributed by atoms with Gasteiger partial charge in [0.15, 0.2) is 0 Å². The summed E-state index contributed by atoms with van der Waals surface area (Å²) in [5, 5.41) is 10.6. The Kier molecular flexibility index (Phi) is 8.54. The maximum Gasteiger partial charge on any atom is 0.232 e. The summed E-state index contributed by atoms with van der Waals surface area (Å²) >= 11 is 1.79. The quantitative estimate of drug-likeness (QED) is 0.393. The largest absolute Gasteiger partial charge is 0.392 e. The first kappa shape index (κ1) is 23.6. The Labute approximate surface area is 198 Å². The summed E-state index contributed by atoms with van der Waals surface area (Å²) in [6.45, 7) is 4.05. The number of aryl methyl sites for hydroxylation is 2. The molecule has 1 saturated heterocycles. The molecule has 32 heavy (non-hydrogen) atoms. The molecule has 4 rings (SSSR count). The second-order valence-corrected chi connectivity index (χ2v) is 11.0. The average molecular weight is 454 g/mol. The van der Waals surface area contributed by atoms with Crippen molar-refractivity contribution in [1.29, 1.82) is 0 Å². The maximum atomic E-state index is 12.3. The minimum Gasteiger partial charge on any atom is -0.392 e. The van der Waals surface area contributed by atoms with Crippen LogP contribution in [0.1, 0.15) is 56.1 Å². The Bertz CT molecular complexity index is 826. The van der Waals surface area contributed by atoms with Crippen LogP contribution in [0.3, 0.4) is 0 Å². The topological polar surface area (TPSA) is 40.5 Å². The smallest absolute Gasteiger partial charge is 0.232 e. The summed E-state index contributed by atoms with van der Waals surface area (Å²) in [5.41, 5.74) is 4.25. The number of carbonyl (C=O) groups is 1. The normalized spacial score (nSPS) is 27.7. The predicted molar refractivity (Wildman–Crippen MR) is 135 cm³/mol. The summed E-state index contributed by atoms with van der Waals surface area (Å²) in [6.07, 6.45) is 15.6. The van der Waals surface area contributed by atoms with Gasteiger partial charge in [0.25, 0.3) is 0 Å². The molecule has 4 heteroatoms. The number of fused-ring (bicyclic) bond motifs is 1. The number of rotatable bonds is 9. The second-order valence-electron chi connectivity index (χ2n) is 9.94. The number of thioether (sulfide) groups is 1. The minimum atomic E-state index is -0.199. The van der Waals surface area contributed by atoms with Crippen LogP contribution in [-0.2, 0) is 11.2 Å². The molecule has 0 spiro atoms. The maximum absolute atomic E-state index is 12.3. The number of carbonyl (C=O) groups excluding carboxylic acids is 1. The molecule has 1 aromatic rings. The molecule has 3 nitrogen and oxygen atoms in total. The molecule has 4 atom stereocenters. The number of allylic oxidation sites excluding steroid dienone is 3. The van der Waals surface area contributed by atoms with Gasteiger partial charge in [0, 0.05) is 19.0 Å². The Balaban J connectivity index is 1.17. The molecular weight excluding hydrogens is 414 g/mol. The molecule has 174 valence electrons. The van der Waals surface area contributed by atoms with E-state index in [4.69, 9.17) is 0 Å². The lowest BCUT2D eigenvalue weighted by molar-refractivity contribution is -0.129. The SMILES string of the molecule is Cc1cccc(CC/C=C/[C@@H]2[C@H]3CC(CCSCC(=O)N4CCCCC4)=C[C@H]3C[C@H]2O)c1. The van der Waals surface area contributed by atoms with Crippen molar-refractivity contribution in [1.82, 2.24) is 4.90 Å². The zero-order valence-corrected chi connectivity index (χ0v) is 20.4. The summed E-state index contributed by atoms with van der Waals surface area (Å²) in [6, 6.07) is 8.74. The Morgan fingerprint density at radius 2 is 2.06 bits per heavy atom. The molecule has 1 aromatic carbocycles. The summed E-state index contributed by atoms with van der Waals surface area (Å²) in [4.78, 5) is 14.4. The fourth-order valence-electron chi connectivity index (χ4n) is 5.76. The van der Waals surface area contributed by atoms with Gasteiger partial charge in [-0.2, -0.15) is 11.8 Å². The third-order valence-electron chi connectivity index (χ3n) is 7.49. The highest BCUT2D eigenvalue weighted by atomic mass is 32.2. The molecule has 1 N–H and O–H groups in total. The van der Waals surface area contributed by atoms with Gasteiger partial charge in [0.1, 0.15) is 0 Å². The molecule has 2 fully saturated rings. The average Bonchev–Trinajstić information content (AvgIpc) is 3.31.